The summed E-state index contributed by atoms with van der Waals surface area (Å²) in [5.41, 5.74) is 5.35. The molecule has 0 aliphatic carbocycles. The summed E-state index contributed by atoms with van der Waals surface area (Å²) in [6, 6.07) is 0. The van der Waals surface area contributed by atoms with Crippen LogP contribution in [0.1, 0.15) is 155 Å². The molecule has 0 aromatic carbocycles. The maximum atomic E-state index is 12.5. The van der Waals surface area contributed by atoms with Gasteiger partial charge in [0, 0.05) is 19.6 Å². The number of carbonyl (C=O) groups excluding carboxylic acids is 1. The van der Waals surface area contributed by atoms with Gasteiger partial charge in [0.2, 0.25) is 0 Å². The normalized spacial score (nSPS) is 14.2. The standard InChI is InChI=1S/C41H74NO7P/c1-3-5-7-9-11-13-15-16-17-18-19-20-21-22-23-25-27-29-31-33-36-46-38-40(39-48-50(44,45)47-37-35-42)49-41(43)34-32-30-28-26-24-14-12-10-8-6-4-2/h5,7,11,13,16-17,19-20,22-23,40H,3-4,6,8-10,12,14-15,18,21,24-39,42H2,1-2H3,(H,44,45)/b7-5-,13-11-,17-16-,20-19-,23-22-. The second-order valence-corrected chi connectivity index (χ2v) is 14.2. The van der Waals surface area contributed by atoms with Crippen molar-refractivity contribution in [2.75, 3.05) is 33.0 Å². The van der Waals surface area contributed by atoms with Crippen LogP contribution in [0.3, 0.4) is 0 Å². The first-order valence-corrected chi connectivity index (χ1v) is 21.3. The molecule has 0 aromatic rings. The Morgan fingerprint density at radius 2 is 1.12 bits per heavy atom. The van der Waals surface area contributed by atoms with E-state index in [0.29, 0.717) is 13.0 Å². The quantitative estimate of drug-likeness (QED) is 0.0281. The van der Waals surface area contributed by atoms with Crippen molar-refractivity contribution < 1.29 is 32.8 Å². The average molecular weight is 724 g/mol. The van der Waals surface area contributed by atoms with E-state index in [1.54, 1.807) is 0 Å². The Kier molecular flexibility index (Phi) is 37.0. The van der Waals surface area contributed by atoms with Gasteiger partial charge in [0.25, 0.3) is 0 Å². The molecule has 9 heteroatoms. The smallest absolute Gasteiger partial charge is 0.457 e. The van der Waals surface area contributed by atoms with Crippen molar-refractivity contribution in [1.82, 2.24) is 0 Å². The van der Waals surface area contributed by atoms with E-state index in [9.17, 15) is 14.3 Å². The SMILES string of the molecule is CC/C=C\C/C=C\C/C=C\C/C=C\C/C=C\CCCCCCOCC(COP(=O)(O)OCCN)OC(=O)CCCCCCCCCCCCC. The minimum Gasteiger partial charge on any atom is -0.457 e. The van der Waals surface area contributed by atoms with Gasteiger partial charge >= 0.3 is 13.8 Å². The third-order valence-corrected chi connectivity index (χ3v) is 8.93. The van der Waals surface area contributed by atoms with Crippen LogP contribution in [0.25, 0.3) is 0 Å². The van der Waals surface area contributed by atoms with Gasteiger partial charge in [0.05, 0.1) is 19.8 Å². The van der Waals surface area contributed by atoms with E-state index in [0.717, 1.165) is 83.5 Å². The van der Waals surface area contributed by atoms with E-state index in [1.165, 1.54) is 51.4 Å². The zero-order chi connectivity index (χ0) is 36.6. The average Bonchev–Trinajstić information content (AvgIpc) is 3.10. The van der Waals surface area contributed by atoms with E-state index < -0.39 is 13.9 Å². The number of allylic oxidation sites excluding steroid dienone is 10. The van der Waals surface area contributed by atoms with Crippen molar-refractivity contribution >= 4 is 13.8 Å². The Hall–Kier alpha value is -1.80. The summed E-state index contributed by atoms with van der Waals surface area (Å²) < 4.78 is 33.3. The van der Waals surface area contributed by atoms with Crippen LogP contribution in [0.2, 0.25) is 0 Å². The molecular formula is C41H74NO7P. The Labute approximate surface area is 306 Å². The maximum Gasteiger partial charge on any atom is 0.472 e. The first kappa shape index (κ1) is 48.2. The van der Waals surface area contributed by atoms with Crippen LogP contribution in [-0.2, 0) is 27.9 Å². The van der Waals surface area contributed by atoms with E-state index in [-0.39, 0.29) is 32.3 Å². The minimum atomic E-state index is -4.28. The monoisotopic (exact) mass is 724 g/mol. The van der Waals surface area contributed by atoms with Crippen molar-refractivity contribution in [1.29, 1.82) is 0 Å². The van der Waals surface area contributed by atoms with Gasteiger partial charge in [0.1, 0.15) is 6.10 Å². The fraction of sp³-hybridized carbons (Fsp3) is 0.732. The number of hydrogen-bond donors (Lipinski definition) is 2. The fourth-order valence-corrected chi connectivity index (χ4v) is 5.85. The largest absolute Gasteiger partial charge is 0.472 e. The molecule has 0 radical (unpaired) electrons. The second kappa shape index (κ2) is 38.4. The van der Waals surface area contributed by atoms with E-state index in [4.69, 9.17) is 24.3 Å². The number of rotatable bonds is 37. The van der Waals surface area contributed by atoms with E-state index >= 15 is 0 Å². The van der Waals surface area contributed by atoms with Crippen molar-refractivity contribution in [2.45, 2.75) is 161 Å². The molecule has 0 rings (SSSR count). The van der Waals surface area contributed by atoms with Gasteiger partial charge < -0.3 is 20.1 Å². The summed E-state index contributed by atoms with van der Waals surface area (Å²) in [6.07, 6.45) is 45.2. The van der Waals surface area contributed by atoms with Crippen LogP contribution in [0.5, 0.6) is 0 Å². The van der Waals surface area contributed by atoms with Gasteiger partial charge in [-0.1, -0.05) is 152 Å². The van der Waals surface area contributed by atoms with Gasteiger partial charge in [-0.05, 0) is 57.8 Å². The number of unbranched alkanes of at least 4 members (excludes halogenated alkanes) is 14. The lowest BCUT2D eigenvalue weighted by atomic mass is 10.1. The fourth-order valence-electron chi connectivity index (χ4n) is 5.08. The lowest BCUT2D eigenvalue weighted by molar-refractivity contribution is -0.154. The minimum absolute atomic E-state index is 0.0940. The molecule has 0 fully saturated rings. The van der Waals surface area contributed by atoms with Crippen LogP contribution < -0.4 is 5.73 Å². The van der Waals surface area contributed by atoms with Crippen LogP contribution in [0, 0.1) is 0 Å². The molecule has 290 valence electrons. The first-order valence-electron chi connectivity index (χ1n) is 19.8. The zero-order valence-corrected chi connectivity index (χ0v) is 32.8. The molecule has 0 saturated carbocycles. The molecule has 2 unspecified atom stereocenters. The van der Waals surface area contributed by atoms with Crippen molar-refractivity contribution in [3.8, 4) is 0 Å². The highest BCUT2D eigenvalue weighted by Crippen LogP contribution is 2.43. The number of carbonyl (C=O) groups is 1. The van der Waals surface area contributed by atoms with Crippen LogP contribution in [0.15, 0.2) is 60.8 Å². The number of ether oxygens (including phenoxy) is 2. The number of hydrogen-bond acceptors (Lipinski definition) is 7. The maximum absolute atomic E-state index is 12.5. The second-order valence-electron chi connectivity index (χ2n) is 12.8. The summed E-state index contributed by atoms with van der Waals surface area (Å²) in [5, 5.41) is 0. The predicted octanol–water partition coefficient (Wildman–Crippen LogP) is 11.4. The lowest BCUT2D eigenvalue weighted by Crippen LogP contribution is -2.28. The molecule has 3 N–H and O–H groups in total. The summed E-state index contributed by atoms with van der Waals surface area (Å²) in [6.45, 7) is 4.72. The van der Waals surface area contributed by atoms with Gasteiger partial charge in [-0.3, -0.25) is 13.8 Å². The third kappa shape index (κ3) is 37.5. The first-order chi connectivity index (χ1) is 24.4. The van der Waals surface area contributed by atoms with Gasteiger partial charge in [-0.25, -0.2) is 4.57 Å². The Balaban J connectivity index is 4.11. The van der Waals surface area contributed by atoms with Crippen molar-refractivity contribution in [3.63, 3.8) is 0 Å². The third-order valence-electron chi connectivity index (χ3n) is 7.95. The Morgan fingerprint density at radius 3 is 1.68 bits per heavy atom. The number of nitrogens with two attached hydrogens (primary N) is 1. The zero-order valence-electron chi connectivity index (χ0n) is 31.9. The van der Waals surface area contributed by atoms with Crippen molar-refractivity contribution in [2.24, 2.45) is 5.73 Å². The van der Waals surface area contributed by atoms with Crippen LogP contribution in [0.4, 0.5) is 0 Å². The summed E-state index contributed by atoms with van der Waals surface area (Å²) in [7, 11) is -4.28. The molecule has 8 nitrogen and oxygen atoms in total. The summed E-state index contributed by atoms with van der Waals surface area (Å²) in [4.78, 5) is 22.4. The van der Waals surface area contributed by atoms with Crippen LogP contribution in [-0.4, -0.2) is 49.9 Å². The lowest BCUT2D eigenvalue weighted by Gasteiger charge is -2.20. The molecule has 0 aromatic heterocycles. The highest BCUT2D eigenvalue weighted by Gasteiger charge is 2.25. The number of phosphoric acid groups is 1. The van der Waals surface area contributed by atoms with Crippen molar-refractivity contribution in [3.05, 3.63) is 60.8 Å². The van der Waals surface area contributed by atoms with Gasteiger partial charge in [0.15, 0.2) is 0 Å². The molecule has 50 heavy (non-hydrogen) atoms. The Morgan fingerprint density at radius 1 is 0.620 bits per heavy atom. The predicted molar refractivity (Wildman–Crippen MR) is 210 cm³/mol. The van der Waals surface area contributed by atoms with Gasteiger partial charge in [-0.2, -0.15) is 0 Å². The Bertz CT molecular complexity index is 947. The molecule has 0 heterocycles. The summed E-state index contributed by atoms with van der Waals surface area (Å²) >= 11 is 0. The number of phosphoric ester groups is 1. The highest BCUT2D eigenvalue weighted by atomic mass is 31.2. The molecular weight excluding hydrogens is 649 g/mol. The topological polar surface area (TPSA) is 117 Å². The van der Waals surface area contributed by atoms with Gasteiger partial charge in [-0.15, -0.1) is 0 Å². The molecule has 0 saturated heterocycles. The highest BCUT2D eigenvalue weighted by molar-refractivity contribution is 7.47. The molecule has 0 aliphatic heterocycles. The molecule has 0 bridgehead atoms. The molecule has 2 atom stereocenters. The summed E-state index contributed by atoms with van der Waals surface area (Å²) in [5.74, 6) is -0.344. The molecule has 0 aliphatic rings. The van der Waals surface area contributed by atoms with E-state index in [2.05, 4.69) is 74.6 Å². The van der Waals surface area contributed by atoms with E-state index in [1.807, 2.05) is 0 Å². The molecule has 0 amide bonds. The van der Waals surface area contributed by atoms with Crippen LogP contribution >= 0.6 is 7.82 Å². The molecule has 0 spiro atoms. The number of esters is 1.